The fraction of sp³-hybridized carbons (Fsp3) is 0.387. The van der Waals surface area contributed by atoms with Gasteiger partial charge < -0.3 is 10.0 Å². The Bertz CT molecular complexity index is 1550. The minimum atomic E-state index is -3.78. The molecule has 2 heterocycles. The molecule has 5 rings (SSSR count). The number of hydrogen-bond acceptors (Lipinski definition) is 5. The first-order chi connectivity index (χ1) is 20.0. The third-order valence-corrected chi connectivity index (χ3v) is 10.0. The molecule has 0 spiro atoms. The van der Waals surface area contributed by atoms with E-state index in [2.05, 4.69) is 9.71 Å². The maximum atomic E-state index is 14.5. The number of benzene rings is 2. The van der Waals surface area contributed by atoms with Crippen LogP contribution in [0.2, 0.25) is 10.0 Å². The van der Waals surface area contributed by atoms with E-state index in [9.17, 15) is 23.1 Å². The molecule has 42 heavy (non-hydrogen) atoms. The van der Waals surface area contributed by atoms with E-state index in [4.69, 9.17) is 23.2 Å². The number of sulfonamides is 1. The van der Waals surface area contributed by atoms with Crippen LogP contribution in [0.3, 0.4) is 0 Å². The van der Waals surface area contributed by atoms with Crippen LogP contribution in [0.25, 0.3) is 0 Å². The van der Waals surface area contributed by atoms with Gasteiger partial charge in [0.2, 0.25) is 15.9 Å². The molecule has 0 bridgehead atoms. The summed E-state index contributed by atoms with van der Waals surface area (Å²) < 4.78 is 29.0. The zero-order chi connectivity index (χ0) is 30.1. The topological polar surface area (TPSA) is 117 Å². The highest BCUT2D eigenvalue weighted by molar-refractivity contribution is 7.88. The molecule has 4 atom stereocenters. The molecule has 8 nitrogen and oxygen atoms in total. The molecule has 2 N–H and O–H groups in total. The minimum Gasteiger partial charge on any atom is -0.481 e. The Balaban J connectivity index is 1.58. The highest BCUT2D eigenvalue weighted by Crippen LogP contribution is 2.54. The number of carboxylic acid groups (broad SMARTS) is 1. The van der Waals surface area contributed by atoms with E-state index in [1.807, 2.05) is 30.3 Å². The summed E-state index contributed by atoms with van der Waals surface area (Å²) in [6.45, 7) is 1.70. The lowest BCUT2D eigenvalue weighted by atomic mass is 9.67. The number of amides is 1. The van der Waals surface area contributed by atoms with Crippen LogP contribution in [0.5, 0.6) is 0 Å². The van der Waals surface area contributed by atoms with Crippen molar-refractivity contribution in [1.82, 2.24) is 14.6 Å². The number of carbonyl (C=O) groups excluding carboxylic acids is 1. The summed E-state index contributed by atoms with van der Waals surface area (Å²) in [5, 5.41) is 10.9. The van der Waals surface area contributed by atoms with E-state index in [0.29, 0.717) is 15.7 Å². The van der Waals surface area contributed by atoms with Gasteiger partial charge in [-0.2, -0.15) is 0 Å². The fourth-order valence-electron chi connectivity index (χ4n) is 6.16. The summed E-state index contributed by atoms with van der Waals surface area (Å²) in [4.78, 5) is 32.4. The number of aromatic nitrogens is 1. The molecule has 1 saturated heterocycles. The SMILES string of the molecule is CC1(CC(=O)O)CC(c2cccc(Cl)c2)C(c2ccc(Cl)cc2)N(C(CNS(=O)(=O)Cc2ccccn2)C2CC2)C1=O. The van der Waals surface area contributed by atoms with Gasteiger partial charge in [0.05, 0.1) is 23.6 Å². The quantitative estimate of drug-likeness (QED) is 0.276. The van der Waals surface area contributed by atoms with Gasteiger partial charge in [-0.1, -0.05) is 60.5 Å². The lowest BCUT2D eigenvalue weighted by Crippen LogP contribution is -2.59. The second-order valence-electron chi connectivity index (χ2n) is 11.5. The van der Waals surface area contributed by atoms with Gasteiger partial charge in [0.25, 0.3) is 0 Å². The third-order valence-electron chi connectivity index (χ3n) is 8.23. The predicted molar refractivity (Wildman–Crippen MR) is 162 cm³/mol. The number of pyridine rings is 1. The number of nitrogens with zero attached hydrogens (tertiary/aromatic N) is 2. The van der Waals surface area contributed by atoms with Crippen LogP contribution in [-0.4, -0.2) is 47.9 Å². The standard InChI is InChI=1S/C31H33Cl2N3O5S/c1-31(17-28(37)38)16-26(22-5-4-6-24(33)15-22)29(21-10-12-23(32)13-11-21)36(30(31)39)27(20-8-9-20)18-35-42(40,41)19-25-7-2-3-14-34-25/h2-7,10-15,20,26-27,29,35H,8-9,16-19H2,1H3,(H,37,38). The van der Waals surface area contributed by atoms with Crippen LogP contribution < -0.4 is 4.72 Å². The first-order valence-electron chi connectivity index (χ1n) is 13.9. The Kier molecular flexibility index (Phi) is 8.94. The zero-order valence-electron chi connectivity index (χ0n) is 23.1. The van der Waals surface area contributed by atoms with Crippen LogP contribution >= 0.6 is 23.2 Å². The summed E-state index contributed by atoms with van der Waals surface area (Å²) in [5.41, 5.74) is 0.900. The average molecular weight is 631 g/mol. The van der Waals surface area contributed by atoms with E-state index >= 15 is 0 Å². The molecule has 1 aliphatic heterocycles. The van der Waals surface area contributed by atoms with Gasteiger partial charge in [-0.05, 0) is 72.7 Å². The molecule has 0 radical (unpaired) electrons. The fourth-order valence-corrected chi connectivity index (χ4v) is 7.57. The van der Waals surface area contributed by atoms with Crippen molar-refractivity contribution in [2.24, 2.45) is 11.3 Å². The Morgan fingerprint density at radius 2 is 1.81 bits per heavy atom. The molecule has 1 saturated carbocycles. The van der Waals surface area contributed by atoms with Gasteiger partial charge in [-0.3, -0.25) is 14.6 Å². The van der Waals surface area contributed by atoms with Crippen molar-refractivity contribution in [3.05, 3.63) is 99.8 Å². The molecule has 2 fully saturated rings. The third kappa shape index (κ3) is 6.97. The van der Waals surface area contributed by atoms with Crippen LogP contribution in [0.1, 0.15) is 61.4 Å². The van der Waals surface area contributed by atoms with Crippen molar-refractivity contribution >= 4 is 45.1 Å². The normalized spacial score (nSPS) is 23.5. The van der Waals surface area contributed by atoms with Crippen molar-refractivity contribution in [2.45, 2.75) is 56.4 Å². The molecule has 2 aliphatic rings. The molecule has 11 heteroatoms. The lowest BCUT2D eigenvalue weighted by Gasteiger charge is -2.52. The minimum absolute atomic E-state index is 0.00107. The summed E-state index contributed by atoms with van der Waals surface area (Å²) in [7, 11) is -3.78. The molecule has 1 aromatic heterocycles. The molecule has 1 aliphatic carbocycles. The van der Waals surface area contributed by atoms with Gasteiger partial charge in [-0.25, -0.2) is 13.1 Å². The number of piperidine rings is 1. The molecule has 222 valence electrons. The molecule has 1 amide bonds. The van der Waals surface area contributed by atoms with Crippen molar-refractivity contribution in [2.75, 3.05) is 6.54 Å². The number of carboxylic acids is 1. The Hall–Kier alpha value is -2.98. The number of carbonyl (C=O) groups is 2. The zero-order valence-corrected chi connectivity index (χ0v) is 25.4. The van der Waals surface area contributed by atoms with E-state index in [1.54, 1.807) is 54.4 Å². The van der Waals surface area contributed by atoms with Gasteiger partial charge in [0.15, 0.2) is 0 Å². The molecule has 4 unspecified atom stereocenters. The first kappa shape index (κ1) is 30.5. The second-order valence-corrected chi connectivity index (χ2v) is 14.2. The maximum absolute atomic E-state index is 14.5. The van der Waals surface area contributed by atoms with E-state index in [-0.39, 0.29) is 42.9 Å². The van der Waals surface area contributed by atoms with Crippen LogP contribution in [0.15, 0.2) is 72.9 Å². The summed E-state index contributed by atoms with van der Waals surface area (Å²) in [6.07, 6.45) is 3.14. The second kappa shape index (κ2) is 12.3. The van der Waals surface area contributed by atoms with Crippen molar-refractivity contribution in [1.29, 1.82) is 0 Å². The Morgan fingerprint density at radius 3 is 2.43 bits per heavy atom. The number of aliphatic carboxylic acids is 1. The van der Waals surface area contributed by atoms with E-state index in [1.165, 1.54) is 0 Å². The van der Waals surface area contributed by atoms with Crippen molar-refractivity contribution in [3.63, 3.8) is 0 Å². The smallest absolute Gasteiger partial charge is 0.304 e. The van der Waals surface area contributed by atoms with Gasteiger partial charge >= 0.3 is 5.97 Å². The summed E-state index contributed by atoms with van der Waals surface area (Å²) in [6, 6.07) is 18.8. The molecule has 3 aromatic rings. The average Bonchev–Trinajstić information content (AvgIpc) is 3.77. The lowest BCUT2D eigenvalue weighted by molar-refractivity contribution is -0.161. The van der Waals surface area contributed by atoms with Crippen molar-refractivity contribution in [3.8, 4) is 0 Å². The van der Waals surface area contributed by atoms with Gasteiger partial charge in [0, 0.05) is 34.7 Å². The predicted octanol–water partition coefficient (Wildman–Crippen LogP) is 5.82. The molecular weight excluding hydrogens is 597 g/mol. The summed E-state index contributed by atoms with van der Waals surface area (Å²) in [5.74, 6) is -1.91. The molecule has 2 aromatic carbocycles. The highest BCUT2D eigenvalue weighted by atomic mass is 35.5. The first-order valence-corrected chi connectivity index (χ1v) is 16.3. The number of rotatable bonds is 11. The van der Waals surface area contributed by atoms with Crippen LogP contribution in [-0.2, 0) is 25.4 Å². The van der Waals surface area contributed by atoms with Gasteiger partial charge in [-0.15, -0.1) is 0 Å². The Labute approximate surface area is 256 Å². The Morgan fingerprint density at radius 1 is 1.07 bits per heavy atom. The monoisotopic (exact) mass is 629 g/mol. The summed E-state index contributed by atoms with van der Waals surface area (Å²) >= 11 is 12.7. The van der Waals surface area contributed by atoms with Crippen LogP contribution in [0, 0.1) is 11.3 Å². The number of hydrogen-bond donors (Lipinski definition) is 2. The largest absolute Gasteiger partial charge is 0.481 e. The highest BCUT2D eigenvalue weighted by Gasteiger charge is 2.54. The van der Waals surface area contributed by atoms with Crippen molar-refractivity contribution < 1.29 is 23.1 Å². The van der Waals surface area contributed by atoms with Gasteiger partial charge in [0.1, 0.15) is 5.75 Å². The van der Waals surface area contributed by atoms with Crippen LogP contribution in [0.4, 0.5) is 0 Å². The number of nitrogens with one attached hydrogen (secondary N) is 1. The van der Waals surface area contributed by atoms with E-state index in [0.717, 1.165) is 24.0 Å². The number of halogens is 2. The maximum Gasteiger partial charge on any atom is 0.304 e. The molecular formula is C31H33Cl2N3O5S. The number of likely N-dealkylation sites (tertiary alicyclic amines) is 1. The van der Waals surface area contributed by atoms with E-state index < -0.39 is 33.5 Å².